The van der Waals surface area contributed by atoms with Crippen LogP contribution in [0.3, 0.4) is 0 Å². The molecule has 0 saturated heterocycles. The highest BCUT2D eigenvalue weighted by atomic mass is 32.2. The summed E-state index contributed by atoms with van der Waals surface area (Å²) in [6.45, 7) is 4.24. The van der Waals surface area contributed by atoms with E-state index in [1.54, 1.807) is 12.5 Å². The van der Waals surface area contributed by atoms with Crippen LogP contribution in [0.15, 0.2) is 59.2 Å². The van der Waals surface area contributed by atoms with Crippen LogP contribution in [-0.2, 0) is 9.73 Å². The van der Waals surface area contributed by atoms with Crippen LogP contribution >= 0.6 is 0 Å². The molecular formula is C24H23N5OS. The average molecular weight is 430 g/mol. The average Bonchev–Trinajstić information content (AvgIpc) is 3.18. The summed E-state index contributed by atoms with van der Waals surface area (Å²) in [7, 11) is -2.39. The van der Waals surface area contributed by atoms with Gasteiger partial charge < -0.3 is 0 Å². The predicted molar refractivity (Wildman–Crippen MR) is 128 cm³/mol. The van der Waals surface area contributed by atoms with Crippen LogP contribution in [0.5, 0.6) is 0 Å². The molecule has 0 radical (unpaired) electrons. The summed E-state index contributed by atoms with van der Waals surface area (Å²) in [5.41, 5.74) is 4.90. The Balaban J connectivity index is 2.02. The molecule has 0 fully saturated rings. The first kappa shape index (κ1) is 19.6. The molecule has 0 saturated carbocycles. The van der Waals surface area contributed by atoms with Crippen LogP contribution in [0.2, 0.25) is 0 Å². The predicted octanol–water partition coefficient (Wildman–Crippen LogP) is 5.81. The Morgan fingerprint density at radius 1 is 1.03 bits per heavy atom. The molecule has 0 aliphatic carbocycles. The summed E-state index contributed by atoms with van der Waals surface area (Å²) < 4.78 is 17.1. The van der Waals surface area contributed by atoms with Gasteiger partial charge in [-0.25, -0.2) is 9.19 Å². The molecule has 0 unspecified atom stereocenters. The van der Waals surface area contributed by atoms with E-state index in [0.29, 0.717) is 5.82 Å². The van der Waals surface area contributed by atoms with E-state index in [2.05, 4.69) is 45.5 Å². The van der Waals surface area contributed by atoms with Gasteiger partial charge >= 0.3 is 0 Å². The monoisotopic (exact) mass is 429 g/mol. The maximum atomic E-state index is 12.6. The molecule has 5 rings (SSSR count). The van der Waals surface area contributed by atoms with Gasteiger partial charge in [0.15, 0.2) is 5.82 Å². The van der Waals surface area contributed by atoms with Gasteiger partial charge in [-0.1, -0.05) is 32.0 Å². The van der Waals surface area contributed by atoms with Crippen molar-refractivity contribution < 1.29 is 4.21 Å². The second-order valence-corrected chi connectivity index (χ2v) is 10.9. The number of hydrogen-bond acceptors (Lipinski definition) is 5. The van der Waals surface area contributed by atoms with Crippen molar-refractivity contribution in [1.29, 1.82) is 0 Å². The van der Waals surface area contributed by atoms with Crippen LogP contribution in [0, 0.1) is 0 Å². The standard InChI is InChI=1S/C24H23N5OS/c1-14(2)23-22(17-9-10-25-20-8-6-5-7-16(17)20)18-11-15-13-26-28-21(15)12-19(18)24(27-23)29-31(3,4)30/h5-14H,1-4H3,(H,26,28). The largest absolute Gasteiger partial charge is 0.278 e. The maximum absolute atomic E-state index is 12.6. The number of aromatic nitrogens is 4. The molecule has 0 aliphatic heterocycles. The highest BCUT2D eigenvalue weighted by Crippen LogP contribution is 2.42. The molecule has 3 aromatic heterocycles. The summed E-state index contributed by atoms with van der Waals surface area (Å²) in [6, 6.07) is 14.3. The topological polar surface area (TPSA) is 83.9 Å². The second kappa shape index (κ2) is 7.13. The quantitative estimate of drug-likeness (QED) is 0.392. The molecule has 2 aromatic carbocycles. The van der Waals surface area contributed by atoms with Crippen molar-refractivity contribution in [2.45, 2.75) is 19.8 Å². The van der Waals surface area contributed by atoms with E-state index >= 15 is 0 Å². The van der Waals surface area contributed by atoms with Gasteiger partial charge in [-0.2, -0.15) is 9.46 Å². The number of benzene rings is 2. The van der Waals surface area contributed by atoms with Crippen molar-refractivity contribution in [1.82, 2.24) is 20.2 Å². The highest BCUT2D eigenvalue weighted by Gasteiger charge is 2.21. The molecule has 0 aliphatic rings. The number of fused-ring (bicyclic) bond motifs is 3. The molecule has 0 spiro atoms. The SMILES string of the molecule is CC(C)c1nc(N=S(C)(C)=O)c2cc3[nH]ncc3cc2c1-c1ccnc2ccccc12. The Morgan fingerprint density at radius 2 is 1.84 bits per heavy atom. The number of pyridine rings is 2. The van der Waals surface area contributed by atoms with Crippen molar-refractivity contribution in [2.75, 3.05) is 12.5 Å². The molecular weight excluding hydrogens is 406 g/mol. The number of nitrogens with zero attached hydrogens (tertiary/aromatic N) is 4. The first-order chi connectivity index (χ1) is 14.8. The van der Waals surface area contributed by atoms with Crippen molar-refractivity contribution in [3.63, 3.8) is 0 Å². The van der Waals surface area contributed by atoms with E-state index in [1.165, 1.54) is 0 Å². The Labute approximate surface area is 180 Å². The second-order valence-electron chi connectivity index (χ2n) is 8.35. The van der Waals surface area contributed by atoms with Crippen LogP contribution in [0.4, 0.5) is 5.82 Å². The Hall–Kier alpha value is -3.32. The summed E-state index contributed by atoms with van der Waals surface area (Å²) in [5, 5.41) is 11.2. The van der Waals surface area contributed by atoms with E-state index in [4.69, 9.17) is 4.98 Å². The first-order valence-corrected chi connectivity index (χ1v) is 12.5. The molecule has 5 aromatic rings. The van der Waals surface area contributed by atoms with Gasteiger partial charge in [0.1, 0.15) is 0 Å². The summed E-state index contributed by atoms with van der Waals surface area (Å²) in [5.74, 6) is 0.650. The number of H-pyrrole nitrogens is 1. The van der Waals surface area contributed by atoms with Gasteiger partial charge in [0.25, 0.3) is 0 Å². The number of hydrogen-bond donors (Lipinski definition) is 1. The lowest BCUT2D eigenvalue weighted by atomic mass is 9.90. The molecule has 0 amide bonds. The fourth-order valence-electron chi connectivity index (χ4n) is 4.04. The van der Waals surface area contributed by atoms with Gasteiger partial charge in [0.05, 0.1) is 22.9 Å². The van der Waals surface area contributed by atoms with Gasteiger partial charge in [-0.3, -0.25) is 10.1 Å². The molecule has 3 heterocycles. The Kier molecular flexibility index (Phi) is 4.51. The zero-order valence-corrected chi connectivity index (χ0v) is 18.7. The van der Waals surface area contributed by atoms with Crippen LogP contribution in [0.1, 0.15) is 25.5 Å². The van der Waals surface area contributed by atoms with Crippen LogP contribution in [-0.4, -0.2) is 36.9 Å². The molecule has 7 heteroatoms. The molecule has 0 bridgehead atoms. The maximum Gasteiger partial charge on any atom is 0.169 e. The number of aromatic amines is 1. The lowest BCUT2D eigenvalue weighted by Crippen LogP contribution is -2.01. The number of para-hydroxylation sites is 1. The zero-order valence-electron chi connectivity index (χ0n) is 17.9. The number of rotatable bonds is 3. The van der Waals surface area contributed by atoms with E-state index < -0.39 is 9.73 Å². The lowest BCUT2D eigenvalue weighted by Gasteiger charge is -2.18. The van der Waals surface area contributed by atoms with Crippen molar-refractivity contribution in [3.8, 4) is 11.1 Å². The highest BCUT2D eigenvalue weighted by molar-refractivity contribution is 7.92. The molecule has 6 nitrogen and oxygen atoms in total. The van der Waals surface area contributed by atoms with Crippen molar-refractivity contribution in [3.05, 3.63) is 60.6 Å². The third kappa shape index (κ3) is 3.45. The summed E-state index contributed by atoms with van der Waals surface area (Å²) >= 11 is 0. The molecule has 31 heavy (non-hydrogen) atoms. The molecule has 0 atom stereocenters. The van der Waals surface area contributed by atoms with E-state index in [0.717, 1.165) is 49.4 Å². The van der Waals surface area contributed by atoms with Crippen molar-refractivity contribution >= 4 is 48.1 Å². The third-order valence-electron chi connectivity index (χ3n) is 5.34. The normalized spacial score (nSPS) is 12.3. The van der Waals surface area contributed by atoms with Gasteiger partial charge in [-0.15, -0.1) is 0 Å². The van der Waals surface area contributed by atoms with Gasteiger partial charge in [0.2, 0.25) is 0 Å². The van der Waals surface area contributed by atoms with Crippen LogP contribution in [0.25, 0.3) is 43.7 Å². The first-order valence-electron chi connectivity index (χ1n) is 10.1. The van der Waals surface area contributed by atoms with Crippen molar-refractivity contribution in [2.24, 2.45) is 4.36 Å². The minimum Gasteiger partial charge on any atom is -0.278 e. The number of nitrogens with one attached hydrogen (secondary N) is 1. The summed E-state index contributed by atoms with van der Waals surface area (Å²) in [4.78, 5) is 9.50. The van der Waals surface area contributed by atoms with E-state index in [9.17, 15) is 4.21 Å². The van der Waals surface area contributed by atoms with E-state index in [1.807, 2.05) is 42.7 Å². The zero-order chi connectivity index (χ0) is 21.8. The molecule has 156 valence electrons. The fourth-order valence-corrected chi connectivity index (χ4v) is 4.60. The van der Waals surface area contributed by atoms with Gasteiger partial charge in [0, 0.05) is 50.2 Å². The lowest BCUT2D eigenvalue weighted by molar-refractivity contribution is 0.684. The summed E-state index contributed by atoms with van der Waals surface area (Å²) in [6.07, 6.45) is 6.93. The van der Waals surface area contributed by atoms with Gasteiger partial charge in [-0.05, 0) is 41.1 Å². The van der Waals surface area contributed by atoms with E-state index in [-0.39, 0.29) is 5.92 Å². The smallest absolute Gasteiger partial charge is 0.169 e. The minimum absolute atomic E-state index is 0.144. The minimum atomic E-state index is -2.39. The Bertz CT molecular complexity index is 1580. The Morgan fingerprint density at radius 3 is 2.61 bits per heavy atom. The van der Waals surface area contributed by atoms with Crippen LogP contribution < -0.4 is 0 Å². The third-order valence-corrected chi connectivity index (χ3v) is 5.96. The molecule has 1 N–H and O–H groups in total. The fraction of sp³-hybridized carbons (Fsp3) is 0.208.